The van der Waals surface area contributed by atoms with Gasteiger partial charge in [0.15, 0.2) is 3.95 Å². The molecule has 1 aromatic carbocycles. The van der Waals surface area contributed by atoms with Gasteiger partial charge >= 0.3 is 0 Å². The van der Waals surface area contributed by atoms with E-state index >= 15 is 0 Å². The molecule has 0 aliphatic heterocycles. The summed E-state index contributed by atoms with van der Waals surface area (Å²) in [6, 6.07) is 2.25. The highest BCUT2D eigenvalue weighted by Crippen LogP contribution is 2.31. The molecule has 84 valence electrons. The number of aromatic nitrogens is 1. The van der Waals surface area contributed by atoms with Gasteiger partial charge in [-0.15, -0.1) is 11.3 Å². The van der Waals surface area contributed by atoms with Crippen LogP contribution in [-0.2, 0) is 0 Å². The van der Waals surface area contributed by atoms with Crippen molar-refractivity contribution in [1.29, 1.82) is 0 Å². The summed E-state index contributed by atoms with van der Waals surface area (Å²) in [5, 5.41) is 2.11. The lowest BCUT2D eigenvalue weighted by atomic mass is 9.93. The Morgan fingerprint density at radius 1 is 1.06 bits per heavy atom. The fraction of sp³-hybridized carbons (Fsp3) is 0.308. The monoisotopic (exact) mass is 249 g/mol. The Balaban J connectivity index is 2.78. The first-order valence-electron chi connectivity index (χ1n) is 5.26. The molecule has 0 saturated carbocycles. The van der Waals surface area contributed by atoms with Gasteiger partial charge in [0.05, 0.1) is 5.69 Å². The van der Waals surface area contributed by atoms with Crippen LogP contribution < -0.4 is 0 Å². The van der Waals surface area contributed by atoms with Crippen LogP contribution in [0.25, 0.3) is 11.3 Å². The van der Waals surface area contributed by atoms with Crippen LogP contribution in [0.3, 0.4) is 0 Å². The molecule has 0 aliphatic carbocycles. The highest BCUT2D eigenvalue weighted by Gasteiger charge is 2.11. The lowest BCUT2D eigenvalue weighted by Gasteiger charge is -2.13. The number of rotatable bonds is 1. The molecule has 1 heterocycles. The molecule has 1 N–H and O–H groups in total. The fourth-order valence-electron chi connectivity index (χ4n) is 2.02. The molecule has 0 saturated heterocycles. The van der Waals surface area contributed by atoms with Crippen molar-refractivity contribution in [1.82, 2.24) is 4.98 Å². The maximum Gasteiger partial charge on any atom is 0.158 e. The van der Waals surface area contributed by atoms with E-state index in [4.69, 9.17) is 12.2 Å². The lowest BCUT2D eigenvalue weighted by Crippen LogP contribution is -1.95. The van der Waals surface area contributed by atoms with Crippen molar-refractivity contribution in [3.63, 3.8) is 0 Å². The second kappa shape index (κ2) is 4.15. The van der Waals surface area contributed by atoms with Gasteiger partial charge in [-0.2, -0.15) is 0 Å². The number of hydrogen-bond acceptors (Lipinski definition) is 2. The first-order valence-corrected chi connectivity index (χ1v) is 6.55. The number of thiazole rings is 1. The molecule has 2 aromatic rings. The minimum Gasteiger partial charge on any atom is -0.337 e. The topological polar surface area (TPSA) is 15.8 Å². The predicted octanol–water partition coefficient (Wildman–Crippen LogP) is 4.71. The second-order valence-corrected chi connectivity index (χ2v) is 5.74. The maximum atomic E-state index is 5.15. The van der Waals surface area contributed by atoms with Crippen LogP contribution >= 0.6 is 23.6 Å². The van der Waals surface area contributed by atoms with Gasteiger partial charge in [-0.3, -0.25) is 0 Å². The Morgan fingerprint density at radius 3 is 2.06 bits per heavy atom. The number of aromatic amines is 1. The normalized spacial score (nSPS) is 10.8. The minimum atomic E-state index is 0.841. The van der Waals surface area contributed by atoms with Gasteiger partial charge < -0.3 is 4.98 Å². The van der Waals surface area contributed by atoms with Crippen LogP contribution in [0.15, 0.2) is 11.4 Å². The maximum absolute atomic E-state index is 5.15. The molecule has 0 spiro atoms. The third-order valence-electron chi connectivity index (χ3n) is 3.16. The number of hydrogen-bond donors (Lipinski definition) is 1. The van der Waals surface area contributed by atoms with Crippen molar-refractivity contribution in [3.8, 4) is 11.3 Å². The zero-order valence-corrected chi connectivity index (χ0v) is 11.6. The molecule has 1 aromatic heterocycles. The number of H-pyrrole nitrogens is 1. The minimum absolute atomic E-state index is 0.841. The van der Waals surface area contributed by atoms with Crippen LogP contribution in [-0.4, -0.2) is 4.98 Å². The van der Waals surface area contributed by atoms with Crippen molar-refractivity contribution < 1.29 is 0 Å². The van der Waals surface area contributed by atoms with Crippen LogP contribution in [0.4, 0.5) is 0 Å². The van der Waals surface area contributed by atoms with E-state index in [0.717, 1.165) is 9.65 Å². The predicted molar refractivity (Wildman–Crippen MR) is 73.9 cm³/mol. The lowest BCUT2D eigenvalue weighted by molar-refractivity contribution is 1.23. The molecule has 0 atom stereocenters. The van der Waals surface area contributed by atoms with Gasteiger partial charge in [-0.1, -0.05) is 6.07 Å². The van der Waals surface area contributed by atoms with Crippen molar-refractivity contribution in [2.45, 2.75) is 27.7 Å². The Morgan fingerprint density at radius 2 is 1.62 bits per heavy atom. The molecule has 3 heteroatoms. The molecule has 0 fully saturated rings. The van der Waals surface area contributed by atoms with E-state index in [0.29, 0.717) is 0 Å². The van der Waals surface area contributed by atoms with E-state index in [-0.39, 0.29) is 0 Å². The quantitative estimate of drug-likeness (QED) is 0.724. The van der Waals surface area contributed by atoms with Crippen molar-refractivity contribution >= 4 is 23.6 Å². The summed E-state index contributed by atoms with van der Waals surface area (Å²) in [6.45, 7) is 8.66. The zero-order valence-electron chi connectivity index (χ0n) is 9.97. The Hall–Kier alpha value is -0.930. The summed E-state index contributed by atoms with van der Waals surface area (Å²) in [7, 11) is 0. The highest BCUT2D eigenvalue weighted by molar-refractivity contribution is 7.73. The van der Waals surface area contributed by atoms with Gasteiger partial charge in [0.25, 0.3) is 0 Å². The molecule has 1 nitrogen and oxygen atoms in total. The van der Waals surface area contributed by atoms with E-state index < -0.39 is 0 Å². The van der Waals surface area contributed by atoms with Gasteiger partial charge in [0, 0.05) is 10.9 Å². The summed E-state index contributed by atoms with van der Waals surface area (Å²) in [5.41, 5.74) is 7.81. The number of aryl methyl sites for hydroxylation is 2. The third kappa shape index (κ3) is 1.85. The second-order valence-electron chi connectivity index (χ2n) is 4.20. The Kier molecular flexibility index (Phi) is 3.00. The number of benzene rings is 1. The molecule has 0 amide bonds. The average Bonchev–Trinajstić information content (AvgIpc) is 2.62. The molecule has 0 bridgehead atoms. The van der Waals surface area contributed by atoms with E-state index in [2.05, 4.69) is 44.1 Å². The van der Waals surface area contributed by atoms with Crippen LogP contribution in [0, 0.1) is 31.6 Å². The molecule has 0 unspecified atom stereocenters. The van der Waals surface area contributed by atoms with Gasteiger partial charge in [0.2, 0.25) is 0 Å². The highest BCUT2D eigenvalue weighted by atomic mass is 32.1. The summed E-state index contributed by atoms with van der Waals surface area (Å²) < 4.78 is 0.841. The number of nitrogens with one attached hydrogen (secondary N) is 1. The van der Waals surface area contributed by atoms with E-state index in [9.17, 15) is 0 Å². The summed E-state index contributed by atoms with van der Waals surface area (Å²) >= 11 is 6.74. The fourth-order valence-corrected chi connectivity index (χ4v) is 2.85. The molecule has 0 aliphatic rings. The molecule has 16 heavy (non-hydrogen) atoms. The van der Waals surface area contributed by atoms with E-state index in [1.54, 1.807) is 11.3 Å². The molecule has 2 rings (SSSR count). The van der Waals surface area contributed by atoms with Crippen LogP contribution in [0.2, 0.25) is 0 Å². The summed E-state index contributed by atoms with van der Waals surface area (Å²) in [6.07, 6.45) is 0. The van der Waals surface area contributed by atoms with Gasteiger partial charge in [-0.05, 0) is 62.2 Å². The zero-order chi connectivity index (χ0) is 11.9. The molecular formula is C13H15NS2. The van der Waals surface area contributed by atoms with Crippen molar-refractivity contribution in [2.75, 3.05) is 0 Å². The average molecular weight is 249 g/mol. The van der Waals surface area contributed by atoms with Crippen LogP contribution in [0.1, 0.15) is 22.3 Å². The Labute approximate surface area is 105 Å². The standard InChI is InChI=1S/C13H15NS2/c1-7-5-8(2)10(4)12(9(7)3)11-6-16-13(15)14-11/h5-6H,1-4H3,(H,14,15). The first-order chi connectivity index (χ1) is 7.50. The van der Waals surface area contributed by atoms with Crippen LogP contribution in [0.5, 0.6) is 0 Å². The van der Waals surface area contributed by atoms with Gasteiger partial charge in [0.1, 0.15) is 0 Å². The molecule has 0 radical (unpaired) electrons. The largest absolute Gasteiger partial charge is 0.337 e. The van der Waals surface area contributed by atoms with Crippen molar-refractivity contribution in [2.24, 2.45) is 0 Å². The molecular weight excluding hydrogens is 234 g/mol. The smallest absolute Gasteiger partial charge is 0.158 e. The van der Waals surface area contributed by atoms with Crippen molar-refractivity contribution in [3.05, 3.63) is 37.7 Å². The van der Waals surface area contributed by atoms with E-state index in [1.165, 1.54) is 27.8 Å². The van der Waals surface area contributed by atoms with Gasteiger partial charge in [-0.25, -0.2) is 0 Å². The first kappa shape index (κ1) is 11.6. The summed E-state index contributed by atoms with van der Waals surface area (Å²) in [4.78, 5) is 3.26. The SMILES string of the molecule is Cc1cc(C)c(C)c(-c2csc(=S)[nH]2)c1C. The summed E-state index contributed by atoms with van der Waals surface area (Å²) in [5.74, 6) is 0. The third-order valence-corrected chi connectivity index (χ3v) is 4.22. The van der Waals surface area contributed by atoms with E-state index in [1.807, 2.05) is 0 Å². The Bertz CT molecular complexity index is 564.